The van der Waals surface area contributed by atoms with E-state index in [2.05, 4.69) is 10.3 Å². The number of fused-ring (bicyclic) bond motifs is 1. The van der Waals surface area contributed by atoms with Crippen LogP contribution in [0.2, 0.25) is 0 Å². The molecule has 0 aliphatic heterocycles. The summed E-state index contributed by atoms with van der Waals surface area (Å²) in [5.41, 5.74) is 0.782. The number of carbonyl (C=O) groups is 2. The molecule has 1 aromatic heterocycles. The minimum absolute atomic E-state index is 0.247. The Bertz CT molecular complexity index is 743. The monoisotopic (exact) mass is 334 g/mol. The number of aromatic nitrogens is 1. The number of thiazole rings is 1. The number of benzene rings is 1. The van der Waals surface area contributed by atoms with Crippen molar-refractivity contribution in [2.45, 2.75) is 25.7 Å². The number of carbonyl (C=O) groups excluding carboxylic acids is 1. The van der Waals surface area contributed by atoms with Crippen molar-refractivity contribution in [1.82, 2.24) is 4.98 Å². The number of amides is 1. The number of nitrogens with zero attached hydrogens (tertiary/aromatic N) is 1. The first kappa shape index (κ1) is 15.7. The molecule has 3 rings (SSSR count). The lowest BCUT2D eigenvalue weighted by Gasteiger charge is -2.26. The number of nitrogens with one attached hydrogen (secondary N) is 1. The minimum atomic E-state index is -0.890. The molecule has 1 fully saturated rings. The van der Waals surface area contributed by atoms with Crippen molar-refractivity contribution in [3.8, 4) is 5.75 Å². The van der Waals surface area contributed by atoms with Crippen LogP contribution in [-0.2, 0) is 9.59 Å². The van der Waals surface area contributed by atoms with E-state index in [9.17, 15) is 14.7 Å². The van der Waals surface area contributed by atoms with Crippen LogP contribution in [0.3, 0.4) is 0 Å². The lowest BCUT2D eigenvalue weighted by Crippen LogP contribution is -2.36. The van der Waals surface area contributed by atoms with Gasteiger partial charge in [0.15, 0.2) is 5.13 Å². The highest BCUT2D eigenvalue weighted by Gasteiger charge is 2.35. The van der Waals surface area contributed by atoms with Crippen LogP contribution < -0.4 is 10.1 Å². The molecule has 122 valence electrons. The van der Waals surface area contributed by atoms with Gasteiger partial charge >= 0.3 is 5.97 Å². The van der Waals surface area contributed by atoms with E-state index < -0.39 is 17.8 Å². The van der Waals surface area contributed by atoms with Gasteiger partial charge in [0.1, 0.15) is 5.75 Å². The summed E-state index contributed by atoms with van der Waals surface area (Å²) < 4.78 is 6.09. The highest BCUT2D eigenvalue weighted by atomic mass is 32.1. The van der Waals surface area contributed by atoms with E-state index in [1.165, 1.54) is 11.3 Å². The molecule has 2 N–H and O–H groups in total. The van der Waals surface area contributed by atoms with Gasteiger partial charge in [0.2, 0.25) is 5.91 Å². The van der Waals surface area contributed by atoms with Gasteiger partial charge in [0.05, 0.1) is 29.2 Å². The number of methoxy groups -OCH3 is 1. The zero-order chi connectivity index (χ0) is 16.4. The van der Waals surface area contributed by atoms with E-state index >= 15 is 0 Å². The summed E-state index contributed by atoms with van der Waals surface area (Å²) in [4.78, 5) is 28.2. The van der Waals surface area contributed by atoms with E-state index in [0.717, 1.165) is 28.8 Å². The van der Waals surface area contributed by atoms with E-state index in [4.69, 9.17) is 4.74 Å². The lowest BCUT2D eigenvalue weighted by molar-refractivity contribution is -0.147. The number of rotatable bonds is 4. The van der Waals surface area contributed by atoms with Gasteiger partial charge in [-0.1, -0.05) is 24.2 Å². The Hall–Kier alpha value is -2.15. The van der Waals surface area contributed by atoms with E-state index in [1.807, 2.05) is 18.2 Å². The van der Waals surface area contributed by atoms with E-state index in [-0.39, 0.29) is 5.91 Å². The van der Waals surface area contributed by atoms with Crippen LogP contribution in [0.1, 0.15) is 25.7 Å². The van der Waals surface area contributed by atoms with Crippen LogP contribution in [0.25, 0.3) is 10.2 Å². The topological polar surface area (TPSA) is 88.5 Å². The third-order valence-corrected chi connectivity index (χ3v) is 5.18. The second-order valence-corrected chi connectivity index (χ2v) is 6.71. The summed E-state index contributed by atoms with van der Waals surface area (Å²) >= 11 is 1.36. The molecule has 1 aliphatic rings. The highest BCUT2D eigenvalue weighted by molar-refractivity contribution is 7.22. The lowest BCUT2D eigenvalue weighted by atomic mass is 9.79. The molecule has 1 amide bonds. The van der Waals surface area contributed by atoms with Crippen LogP contribution >= 0.6 is 11.3 Å². The average Bonchev–Trinajstić information content (AvgIpc) is 2.95. The largest absolute Gasteiger partial charge is 0.497 e. The fourth-order valence-electron chi connectivity index (χ4n) is 3.02. The molecule has 1 aliphatic carbocycles. The van der Waals surface area contributed by atoms with Crippen LogP contribution in [-0.4, -0.2) is 29.1 Å². The van der Waals surface area contributed by atoms with Gasteiger partial charge in [-0.3, -0.25) is 9.59 Å². The van der Waals surface area contributed by atoms with Gasteiger partial charge in [0, 0.05) is 0 Å². The third kappa shape index (κ3) is 3.29. The SMILES string of the molecule is COc1ccc2nc(NC(=O)C3CCCCC3C(=O)O)sc2c1. The Labute approximate surface area is 137 Å². The second-order valence-electron chi connectivity index (χ2n) is 5.68. The maximum absolute atomic E-state index is 12.4. The van der Waals surface area contributed by atoms with Gasteiger partial charge in [-0.15, -0.1) is 0 Å². The van der Waals surface area contributed by atoms with Gasteiger partial charge in [-0.2, -0.15) is 0 Å². The van der Waals surface area contributed by atoms with Gasteiger partial charge < -0.3 is 15.2 Å². The molecule has 0 radical (unpaired) electrons. The summed E-state index contributed by atoms with van der Waals surface area (Å²) in [6.07, 6.45) is 2.92. The van der Waals surface area contributed by atoms with Crippen molar-refractivity contribution in [3.05, 3.63) is 18.2 Å². The number of carboxylic acids is 1. The molecule has 6 nitrogen and oxygen atoms in total. The summed E-state index contributed by atoms with van der Waals surface area (Å²) in [6, 6.07) is 5.51. The fraction of sp³-hybridized carbons (Fsp3) is 0.438. The van der Waals surface area contributed by atoms with Crippen LogP contribution in [0.4, 0.5) is 5.13 Å². The first-order valence-electron chi connectivity index (χ1n) is 7.56. The van der Waals surface area contributed by atoms with Crippen LogP contribution in [0.15, 0.2) is 18.2 Å². The molecular formula is C16H18N2O4S. The van der Waals surface area contributed by atoms with Crippen molar-refractivity contribution in [2.24, 2.45) is 11.8 Å². The maximum atomic E-state index is 12.4. The Morgan fingerprint density at radius 3 is 2.74 bits per heavy atom. The van der Waals surface area contributed by atoms with Crippen molar-refractivity contribution < 1.29 is 19.4 Å². The van der Waals surface area contributed by atoms with Crippen molar-refractivity contribution >= 4 is 38.6 Å². The van der Waals surface area contributed by atoms with Gasteiger partial charge in [-0.05, 0) is 31.0 Å². The molecular weight excluding hydrogens is 316 g/mol. The van der Waals surface area contributed by atoms with Crippen molar-refractivity contribution in [3.63, 3.8) is 0 Å². The molecule has 0 saturated heterocycles. The number of anilines is 1. The smallest absolute Gasteiger partial charge is 0.307 e. The Balaban J connectivity index is 1.77. The summed E-state index contributed by atoms with van der Waals surface area (Å²) in [6.45, 7) is 0. The number of hydrogen-bond donors (Lipinski definition) is 2. The predicted octanol–water partition coefficient (Wildman–Crippen LogP) is 3.13. The Morgan fingerprint density at radius 2 is 2.04 bits per heavy atom. The second kappa shape index (κ2) is 6.54. The summed E-state index contributed by atoms with van der Waals surface area (Å²) in [7, 11) is 1.60. The Kier molecular flexibility index (Phi) is 4.47. The summed E-state index contributed by atoms with van der Waals surface area (Å²) in [5, 5.41) is 12.6. The molecule has 7 heteroatoms. The molecule has 0 bridgehead atoms. The zero-order valence-corrected chi connectivity index (χ0v) is 13.6. The molecule has 1 heterocycles. The van der Waals surface area contributed by atoms with Gasteiger partial charge in [-0.25, -0.2) is 4.98 Å². The van der Waals surface area contributed by atoms with Crippen LogP contribution in [0.5, 0.6) is 5.75 Å². The molecule has 1 saturated carbocycles. The zero-order valence-electron chi connectivity index (χ0n) is 12.7. The number of ether oxygens (including phenoxy) is 1. The quantitative estimate of drug-likeness (QED) is 0.897. The van der Waals surface area contributed by atoms with Gasteiger partial charge in [0.25, 0.3) is 0 Å². The number of carboxylic acid groups (broad SMARTS) is 1. The molecule has 2 atom stereocenters. The summed E-state index contributed by atoms with van der Waals surface area (Å²) in [5.74, 6) is -1.49. The predicted molar refractivity (Wildman–Crippen MR) is 87.9 cm³/mol. The Morgan fingerprint density at radius 1 is 1.30 bits per heavy atom. The first-order valence-corrected chi connectivity index (χ1v) is 8.38. The minimum Gasteiger partial charge on any atom is -0.497 e. The first-order chi connectivity index (χ1) is 11.1. The average molecular weight is 334 g/mol. The molecule has 0 spiro atoms. The van der Waals surface area contributed by atoms with Crippen LogP contribution in [0, 0.1) is 11.8 Å². The normalized spacial score (nSPS) is 21.1. The van der Waals surface area contributed by atoms with Crippen molar-refractivity contribution in [1.29, 1.82) is 0 Å². The number of hydrogen-bond acceptors (Lipinski definition) is 5. The maximum Gasteiger partial charge on any atom is 0.307 e. The molecule has 23 heavy (non-hydrogen) atoms. The van der Waals surface area contributed by atoms with E-state index in [1.54, 1.807) is 7.11 Å². The fourth-order valence-corrected chi connectivity index (χ4v) is 3.92. The molecule has 1 aromatic carbocycles. The standard InChI is InChI=1S/C16H18N2O4S/c1-22-9-6-7-12-13(8-9)23-16(17-12)18-14(19)10-4-2-3-5-11(10)15(20)21/h6-8,10-11H,2-5H2,1H3,(H,20,21)(H,17,18,19). The molecule has 2 aromatic rings. The highest BCUT2D eigenvalue weighted by Crippen LogP contribution is 2.33. The third-order valence-electron chi connectivity index (χ3n) is 4.25. The van der Waals surface area contributed by atoms with Crippen molar-refractivity contribution in [2.75, 3.05) is 12.4 Å². The molecule has 2 unspecified atom stereocenters. The van der Waals surface area contributed by atoms with E-state index in [0.29, 0.717) is 18.0 Å². The number of aliphatic carboxylic acids is 1.